The third kappa shape index (κ3) is 4.32. The fourth-order valence-electron chi connectivity index (χ4n) is 3.05. The molecule has 0 saturated heterocycles. The van der Waals surface area contributed by atoms with E-state index in [9.17, 15) is 18.0 Å². The number of hydrogen-bond acceptors (Lipinski definition) is 3. The third-order valence-electron chi connectivity index (χ3n) is 4.91. The van der Waals surface area contributed by atoms with Gasteiger partial charge in [-0.15, -0.1) is 0 Å². The average molecular weight is 394 g/mol. The van der Waals surface area contributed by atoms with Crippen LogP contribution in [0.1, 0.15) is 24.0 Å². The molecule has 0 heterocycles. The molecule has 2 aromatic rings. The van der Waals surface area contributed by atoms with E-state index in [1.165, 1.54) is 12.1 Å². The van der Waals surface area contributed by atoms with E-state index in [0.29, 0.717) is 23.7 Å². The number of carbonyl (C=O) groups excluding carboxylic acids is 1. The maximum absolute atomic E-state index is 12.6. The first-order valence-corrected chi connectivity index (χ1v) is 8.72. The van der Waals surface area contributed by atoms with E-state index in [0.717, 1.165) is 30.5 Å². The predicted molar refractivity (Wildman–Crippen MR) is 98.9 cm³/mol. The van der Waals surface area contributed by atoms with E-state index in [4.69, 9.17) is 9.47 Å². The van der Waals surface area contributed by atoms with Crippen LogP contribution in [0.25, 0.3) is 0 Å². The van der Waals surface area contributed by atoms with Gasteiger partial charge in [0.1, 0.15) is 0 Å². The second-order valence-electron chi connectivity index (χ2n) is 6.73. The average Bonchev–Trinajstić information content (AvgIpc) is 3.47. The molecule has 1 fully saturated rings. The van der Waals surface area contributed by atoms with Gasteiger partial charge in [0.2, 0.25) is 0 Å². The lowest BCUT2D eigenvalue weighted by Gasteiger charge is -2.19. The Morgan fingerprint density at radius 1 is 1.04 bits per heavy atom. The molecule has 8 heteroatoms. The van der Waals surface area contributed by atoms with E-state index in [2.05, 4.69) is 10.6 Å². The number of hydrogen-bond donors (Lipinski definition) is 2. The Labute approximate surface area is 160 Å². The summed E-state index contributed by atoms with van der Waals surface area (Å²) in [6, 6.07) is 9.53. The van der Waals surface area contributed by atoms with Gasteiger partial charge in [-0.25, -0.2) is 4.79 Å². The topological polar surface area (TPSA) is 59.6 Å². The first-order chi connectivity index (χ1) is 13.3. The summed E-state index contributed by atoms with van der Waals surface area (Å²) in [5, 5.41) is 5.35. The first kappa shape index (κ1) is 19.9. The van der Waals surface area contributed by atoms with Gasteiger partial charge >= 0.3 is 12.2 Å². The molecule has 28 heavy (non-hydrogen) atoms. The molecule has 0 radical (unpaired) electrons. The van der Waals surface area contributed by atoms with Crippen LogP contribution >= 0.6 is 0 Å². The minimum atomic E-state index is -4.40. The van der Waals surface area contributed by atoms with Crippen molar-refractivity contribution < 1.29 is 27.4 Å². The fourth-order valence-corrected chi connectivity index (χ4v) is 3.05. The largest absolute Gasteiger partial charge is 0.493 e. The molecule has 5 nitrogen and oxygen atoms in total. The number of ether oxygens (including phenoxy) is 2. The van der Waals surface area contributed by atoms with E-state index in [1.54, 1.807) is 14.2 Å². The summed E-state index contributed by atoms with van der Waals surface area (Å²) < 4.78 is 48.3. The Morgan fingerprint density at radius 2 is 1.68 bits per heavy atom. The van der Waals surface area contributed by atoms with Crippen LogP contribution in [0.3, 0.4) is 0 Å². The van der Waals surface area contributed by atoms with Gasteiger partial charge in [-0.2, -0.15) is 13.2 Å². The SMILES string of the molecule is COc1ccc(C2(CNC(=O)Nc3ccc(C(F)(F)F)cc3)CC2)cc1OC. The van der Waals surface area contributed by atoms with Crippen LogP contribution in [-0.4, -0.2) is 26.8 Å². The number of carbonyl (C=O) groups is 1. The number of nitrogens with one attached hydrogen (secondary N) is 2. The van der Waals surface area contributed by atoms with Crippen molar-refractivity contribution in [2.24, 2.45) is 0 Å². The highest BCUT2D eigenvalue weighted by atomic mass is 19.4. The van der Waals surface area contributed by atoms with E-state index in [-0.39, 0.29) is 5.41 Å². The lowest BCUT2D eigenvalue weighted by Crippen LogP contribution is -2.35. The van der Waals surface area contributed by atoms with E-state index in [1.807, 2.05) is 18.2 Å². The van der Waals surface area contributed by atoms with Crippen LogP contribution in [0.5, 0.6) is 11.5 Å². The molecular formula is C20H21F3N2O3. The molecule has 150 valence electrons. The molecule has 1 aliphatic rings. The van der Waals surface area contributed by atoms with Crippen LogP contribution in [0.15, 0.2) is 42.5 Å². The highest BCUT2D eigenvalue weighted by Gasteiger charge is 2.44. The summed E-state index contributed by atoms with van der Waals surface area (Å²) in [6.07, 6.45) is -2.56. The molecule has 0 spiro atoms. The van der Waals surface area contributed by atoms with Crippen LogP contribution in [0.2, 0.25) is 0 Å². The minimum absolute atomic E-state index is 0.170. The van der Waals surface area contributed by atoms with Gasteiger partial charge in [-0.1, -0.05) is 6.07 Å². The number of amides is 2. The fraction of sp³-hybridized carbons (Fsp3) is 0.350. The maximum Gasteiger partial charge on any atom is 0.416 e. The van der Waals surface area contributed by atoms with Crippen LogP contribution in [0.4, 0.5) is 23.7 Å². The van der Waals surface area contributed by atoms with Crippen molar-refractivity contribution in [2.75, 3.05) is 26.1 Å². The van der Waals surface area contributed by atoms with Crippen LogP contribution in [-0.2, 0) is 11.6 Å². The van der Waals surface area contributed by atoms with Crippen molar-refractivity contribution in [3.63, 3.8) is 0 Å². The van der Waals surface area contributed by atoms with E-state index < -0.39 is 17.8 Å². The second-order valence-corrected chi connectivity index (χ2v) is 6.73. The number of alkyl halides is 3. The lowest BCUT2D eigenvalue weighted by atomic mass is 9.95. The summed E-state index contributed by atoms with van der Waals surface area (Å²) in [5.74, 6) is 1.26. The number of methoxy groups -OCH3 is 2. The molecule has 3 rings (SSSR count). The Kier molecular flexibility index (Phi) is 5.40. The molecule has 2 N–H and O–H groups in total. The second kappa shape index (κ2) is 7.61. The third-order valence-corrected chi connectivity index (χ3v) is 4.91. The summed E-state index contributed by atoms with van der Waals surface area (Å²) >= 11 is 0. The van der Waals surface area contributed by atoms with Crippen molar-refractivity contribution in [3.05, 3.63) is 53.6 Å². The monoisotopic (exact) mass is 394 g/mol. The molecular weight excluding hydrogens is 373 g/mol. The number of halogens is 3. The molecule has 1 aliphatic carbocycles. The van der Waals surface area contributed by atoms with Gasteiger partial charge in [-0.05, 0) is 54.8 Å². The smallest absolute Gasteiger partial charge is 0.416 e. The normalized spacial score (nSPS) is 14.9. The van der Waals surface area contributed by atoms with Gasteiger partial charge in [-0.3, -0.25) is 0 Å². The number of urea groups is 1. The minimum Gasteiger partial charge on any atom is -0.493 e. The Balaban J connectivity index is 1.60. The molecule has 0 bridgehead atoms. The number of anilines is 1. The highest BCUT2D eigenvalue weighted by Crippen LogP contribution is 2.49. The number of benzene rings is 2. The van der Waals surface area contributed by atoms with Gasteiger partial charge < -0.3 is 20.1 Å². The van der Waals surface area contributed by atoms with Crippen LogP contribution < -0.4 is 20.1 Å². The van der Waals surface area contributed by atoms with E-state index >= 15 is 0 Å². The van der Waals surface area contributed by atoms with Crippen LogP contribution in [0, 0.1) is 0 Å². The number of rotatable bonds is 6. The molecule has 0 aliphatic heterocycles. The summed E-state index contributed by atoms with van der Waals surface area (Å²) in [5.41, 5.74) is 0.405. The lowest BCUT2D eigenvalue weighted by molar-refractivity contribution is -0.137. The van der Waals surface area contributed by atoms with Crippen molar-refractivity contribution in [1.29, 1.82) is 0 Å². The molecule has 0 unspecified atom stereocenters. The Morgan fingerprint density at radius 3 is 2.21 bits per heavy atom. The predicted octanol–water partition coefficient (Wildman–Crippen LogP) is 4.58. The highest BCUT2D eigenvalue weighted by molar-refractivity contribution is 5.89. The summed E-state index contributed by atoms with van der Waals surface area (Å²) in [6.45, 7) is 0.412. The first-order valence-electron chi connectivity index (χ1n) is 8.72. The zero-order valence-corrected chi connectivity index (χ0v) is 15.5. The Hall–Kier alpha value is -2.90. The molecule has 0 aromatic heterocycles. The van der Waals surface area contributed by atoms with Crippen molar-refractivity contribution in [2.45, 2.75) is 24.4 Å². The molecule has 0 atom stereocenters. The Bertz CT molecular complexity index is 847. The molecule has 2 amide bonds. The van der Waals surface area contributed by atoms with Gasteiger partial charge in [0, 0.05) is 17.6 Å². The van der Waals surface area contributed by atoms with Crippen molar-refractivity contribution >= 4 is 11.7 Å². The summed E-state index contributed by atoms with van der Waals surface area (Å²) in [7, 11) is 3.13. The quantitative estimate of drug-likeness (QED) is 0.754. The standard InChI is InChI=1S/C20H21F3N2O3/c1-27-16-8-5-14(11-17(16)28-2)19(9-10-19)12-24-18(26)25-15-6-3-13(4-7-15)20(21,22)23/h3-8,11H,9-10,12H2,1-2H3,(H2,24,25,26). The zero-order chi connectivity index (χ0) is 20.4. The molecule has 2 aromatic carbocycles. The van der Waals surface area contributed by atoms with Gasteiger partial charge in [0.15, 0.2) is 11.5 Å². The van der Waals surface area contributed by atoms with Crippen molar-refractivity contribution in [3.8, 4) is 11.5 Å². The maximum atomic E-state index is 12.6. The molecule has 1 saturated carbocycles. The van der Waals surface area contributed by atoms with Gasteiger partial charge in [0.05, 0.1) is 19.8 Å². The summed E-state index contributed by atoms with van der Waals surface area (Å²) in [4.78, 5) is 12.1. The van der Waals surface area contributed by atoms with Gasteiger partial charge in [0.25, 0.3) is 0 Å². The zero-order valence-electron chi connectivity index (χ0n) is 15.5. The van der Waals surface area contributed by atoms with Crippen molar-refractivity contribution in [1.82, 2.24) is 5.32 Å².